The summed E-state index contributed by atoms with van der Waals surface area (Å²) in [7, 11) is -3.96. The van der Waals surface area contributed by atoms with Gasteiger partial charge in [0.2, 0.25) is 0 Å². The number of benzene rings is 3. The van der Waals surface area contributed by atoms with E-state index in [1.807, 2.05) is 6.92 Å². The summed E-state index contributed by atoms with van der Waals surface area (Å²) in [6.45, 7) is 5.46. The number of nitrogens with zero attached hydrogens (tertiary/aromatic N) is 2. The number of hydrogen-bond acceptors (Lipinski definition) is 5. The SMILES string of the molecule is C=CCOc1cccc(/C=N\NC(=O)CN(c2ccc(C)cc2)S(=O)(=O)c2ccccc2)c1. The van der Waals surface area contributed by atoms with Crippen molar-refractivity contribution < 1.29 is 17.9 Å². The topological polar surface area (TPSA) is 88.1 Å². The van der Waals surface area contributed by atoms with Crippen molar-refractivity contribution >= 4 is 27.8 Å². The molecule has 3 aromatic carbocycles. The lowest BCUT2D eigenvalue weighted by molar-refractivity contribution is -0.119. The summed E-state index contributed by atoms with van der Waals surface area (Å²) in [5.74, 6) is 0.0649. The highest BCUT2D eigenvalue weighted by Crippen LogP contribution is 2.23. The minimum absolute atomic E-state index is 0.0956. The normalized spacial score (nSPS) is 11.2. The van der Waals surface area contributed by atoms with Gasteiger partial charge in [0.1, 0.15) is 18.9 Å². The molecule has 0 aromatic heterocycles. The number of nitrogens with one attached hydrogen (secondary N) is 1. The molecule has 0 heterocycles. The van der Waals surface area contributed by atoms with E-state index in [2.05, 4.69) is 17.1 Å². The predicted molar refractivity (Wildman–Crippen MR) is 130 cm³/mol. The molecule has 33 heavy (non-hydrogen) atoms. The van der Waals surface area contributed by atoms with Gasteiger partial charge in [0.15, 0.2) is 0 Å². The Morgan fingerprint density at radius 2 is 1.79 bits per heavy atom. The Hall–Kier alpha value is -3.91. The molecule has 0 saturated heterocycles. The first-order valence-corrected chi connectivity index (χ1v) is 11.6. The van der Waals surface area contributed by atoms with Gasteiger partial charge in [0.25, 0.3) is 15.9 Å². The van der Waals surface area contributed by atoms with E-state index >= 15 is 0 Å². The van der Waals surface area contributed by atoms with Crippen LogP contribution in [0.3, 0.4) is 0 Å². The first kappa shape index (κ1) is 23.7. The fraction of sp³-hybridized carbons (Fsp3) is 0.120. The van der Waals surface area contributed by atoms with Gasteiger partial charge in [0.05, 0.1) is 16.8 Å². The maximum atomic E-state index is 13.3. The quantitative estimate of drug-likeness (QED) is 0.281. The molecule has 0 aliphatic heterocycles. The van der Waals surface area contributed by atoms with E-state index in [9.17, 15) is 13.2 Å². The standard InChI is InChI=1S/C25H25N3O4S/c1-3-16-32-23-9-7-8-21(17-23)18-26-27-25(29)19-28(22-14-12-20(2)13-15-22)33(30,31)24-10-5-4-6-11-24/h3-15,17-18H,1,16,19H2,2H3,(H,27,29)/b26-18-. The number of anilines is 1. The van der Waals surface area contributed by atoms with Gasteiger partial charge < -0.3 is 4.74 Å². The van der Waals surface area contributed by atoms with E-state index < -0.39 is 22.5 Å². The number of rotatable bonds is 10. The van der Waals surface area contributed by atoms with Gasteiger partial charge in [-0.2, -0.15) is 5.10 Å². The number of amides is 1. The molecular weight excluding hydrogens is 438 g/mol. The zero-order valence-electron chi connectivity index (χ0n) is 18.2. The van der Waals surface area contributed by atoms with Crippen molar-refractivity contribution in [1.82, 2.24) is 5.43 Å². The smallest absolute Gasteiger partial charge is 0.264 e. The molecule has 0 unspecified atom stereocenters. The van der Waals surface area contributed by atoms with Gasteiger partial charge in [-0.1, -0.05) is 60.7 Å². The highest BCUT2D eigenvalue weighted by Gasteiger charge is 2.26. The molecule has 0 atom stereocenters. The van der Waals surface area contributed by atoms with Crippen LogP contribution in [0.4, 0.5) is 5.69 Å². The number of hydrazone groups is 1. The van der Waals surface area contributed by atoms with Crippen LogP contribution in [0.1, 0.15) is 11.1 Å². The Morgan fingerprint density at radius 1 is 1.06 bits per heavy atom. The van der Waals surface area contributed by atoms with Crippen molar-refractivity contribution in [3.05, 3.63) is 103 Å². The molecule has 0 fully saturated rings. The summed E-state index contributed by atoms with van der Waals surface area (Å²) < 4.78 is 33.1. The molecule has 1 N–H and O–H groups in total. The highest BCUT2D eigenvalue weighted by molar-refractivity contribution is 7.92. The second kappa shape index (κ2) is 11.1. The van der Waals surface area contributed by atoms with E-state index in [0.717, 1.165) is 9.87 Å². The molecule has 0 aliphatic carbocycles. The molecule has 0 spiro atoms. The molecule has 3 aromatic rings. The zero-order chi connectivity index (χ0) is 23.7. The lowest BCUT2D eigenvalue weighted by Crippen LogP contribution is -2.39. The average molecular weight is 464 g/mol. The molecule has 0 aliphatic rings. The first-order valence-electron chi connectivity index (χ1n) is 10.2. The van der Waals surface area contributed by atoms with Gasteiger partial charge in [-0.25, -0.2) is 13.8 Å². The number of carbonyl (C=O) groups is 1. The third-order valence-electron chi connectivity index (χ3n) is 4.57. The van der Waals surface area contributed by atoms with Crippen molar-refractivity contribution in [3.63, 3.8) is 0 Å². The third kappa shape index (κ3) is 6.54. The summed E-state index contributed by atoms with van der Waals surface area (Å²) >= 11 is 0. The Balaban J connectivity index is 1.76. The Bertz CT molecular complexity index is 1220. The Morgan fingerprint density at radius 3 is 2.48 bits per heavy atom. The number of carbonyl (C=O) groups excluding carboxylic acids is 1. The van der Waals surface area contributed by atoms with Crippen molar-refractivity contribution in [2.45, 2.75) is 11.8 Å². The van der Waals surface area contributed by atoms with E-state index in [1.54, 1.807) is 72.8 Å². The number of aryl methyl sites for hydroxylation is 1. The minimum Gasteiger partial charge on any atom is -0.490 e. The van der Waals surface area contributed by atoms with Gasteiger partial charge >= 0.3 is 0 Å². The molecule has 170 valence electrons. The fourth-order valence-corrected chi connectivity index (χ4v) is 4.37. The molecule has 0 saturated carbocycles. The Labute approximate surface area is 194 Å². The van der Waals surface area contributed by atoms with E-state index in [-0.39, 0.29) is 4.90 Å². The van der Waals surface area contributed by atoms with E-state index in [0.29, 0.717) is 23.6 Å². The minimum atomic E-state index is -3.96. The van der Waals surface area contributed by atoms with Crippen molar-refractivity contribution in [3.8, 4) is 5.75 Å². The summed E-state index contributed by atoms with van der Waals surface area (Å²) in [4.78, 5) is 12.7. The van der Waals surface area contributed by atoms with Crippen LogP contribution < -0.4 is 14.5 Å². The van der Waals surface area contributed by atoms with Crippen LogP contribution in [0.2, 0.25) is 0 Å². The maximum absolute atomic E-state index is 13.3. The molecular formula is C25H25N3O4S. The monoisotopic (exact) mass is 463 g/mol. The lowest BCUT2D eigenvalue weighted by atomic mass is 10.2. The molecule has 1 amide bonds. The zero-order valence-corrected chi connectivity index (χ0v) is 19.0. The Kier molecular flexibility index (Phi) is 7.99. The summed E-state index contributed by atoms with van der Waals surface area (Å²) in [5, 5.41) is 3.96. The number of ether oxygens (including phenoxy) is 1. The van der Waals surface area contributed by atoms with Gasteiger partial charge in [0, 0.05) is 0 Å². The maximum Gasteiger partial charge on any atom is 0.264 e. The lowest BCUT2D eigenvalue weighted by Gasteiger charge is -2.23. The van der Waals surface area contributed by atoms with Crippen LogP contribution in [0.5, 0.6) is 5.75 Å². The second-order valence-electron chi connectivity index (χ2n) is 7.13. The molecule has 0 radical (unpaired) electrons. The largest absolute Gasteiger partial charge is 0.490 e. The van der Waals surface area contributed by atoms with Crippen molar-refractivity contribution in [2.75, 3.05) is 17.5 Å². The summed E-state index contributed by atoms with van der Waals surface area (Å²) in [6.07, 6.45) is 3.10. The van der Waals surface area contributed by atoms with Crippen molar-refractivity contribution in [2.24, 2.45) is 5.10 Å². The molecule has 8 heteroatoms. The summed E-state index contributed by atoms with van der Waals surface area (Å²) in [6, 6.07) is 22.1. The first-order chi connectivity index (χ1) is 15.9. The van der Waals surface area contributed by atoms with E-state index in [1.165, 1.54) is 18.3 Å². The number of sulfonamides is 1. The molecule has 7 nitrogen and oxygen atoms in total. The molecule has 0 bridgehead atoms. The van der Waals surface area contributed by atoms with Gasteiger partial charge in [-0.15, -0.1) is 0 Å². The predicted octanol–water partition coefficient (Wildman–Crippen LogP) is 3.91. The van der Waals surface area contributed by atoms with Gasteiger partial charge in [-0.05, 0) is 48.9 Å². The van der Waals surface area contributed by atoms with Crippen LogP contribution in [-0.4, -0.2) is 33.7 Å². The third-order valence-corrected chi connectivity index (χ3v) is 6.36. The van der Waals surface area contributed by atoms with Crippen LogP contribution >= 0.6 is 0 Å². The van der Waals surface area contributed by atoms with Crippen molar-refractivity contribution in [1.29, 1.82) is 0 Å². The van der Waals surface area contributed by atoms with Gasteiger partial charge in [-0.3, -0.25) is 9.10 Å². The van der Waals surface area contributed by atoms with Crippen LogP contribution in [0.25, 0.3) is 0 Å². The van der Waals surface area contributed by atoms with Crippen LogP contribution in [-0.2, 0) is 14.8 Å². The number of hydrogen-bond donors (Lipinski definition) is 1. The summed E-state index contributed by atoms with van der Waals surface area (Å²) in [5.41, 5.74) is 4.47. The molecule has 3 rings (SSSR count). The highest BCUT2D eigenvalue weighted by atomic mass is 32.2. The average Bonchev–Trinajstić information content (AvgIpc) is 2.83. The fourth-order valence-electron chi connectivity index (χ4n) is 2.93. The van der Waals surface area contributed by atoms with E-state index in [4.69, 9.17) is 4.74 Å². The second-order valence-corrected chi connectivity index (χ2v) is 8.99. The van der Waals surface area contributed by atoms with Crippen LogP contribution in [0, 0.1) is 6.92 Å². The van der Waals surface area contributed by atoms with Crippen LogP contribution in [0.15, 0.2) is 102 Å².